The monoisotopic (exact) mass is 328 g/mol. The van der Waals surface area contributed by atoms with Gasteiger partial charge in [0.2, 0.25) is 0 Å². The molecule has 0 saturated carbocycles. The first-order chi connectivity index (χ1) is 10.8. The average Bonchev–Trinajstić information content (AvgIpc) is 2.43. The van der Waals surface area contributed by atoms with Gasteiger partial charge in [-0.25, -0.2) is 0 Å². The predicted molar refractivity (Wildman–Crippen MR) is 103 cm³/mol. The zero-order valence-corrected chi connectivity index (χ0v) is 17.0. The van der Waals surface area contributed by atoms with Crippen LogP contribution in [-0.2, 0) is 4.74 Å². The maximum Gasteiger partial charge on any atom is 0.0931 e. The van der Waals surface area contributed by atoms with Gasteiger partial charge in [0.15, 0.2) is 0 Å². The van der Waals surface area contributed by atoms with Crippen LogP contribution in [0, 0.1) is 0 Å². The van der Waals surface area contributed by atoms with E-state index >= 15 is 0 Å². The van der Waals surface area contributed by atoms with Gasteiger partial charge in [-0.05, 0) is 48.0 Å². The molecule has 0 aromatic rings. The van der Waals surface area contributed by atoms with Crippen molar-refractivity contribution in [3.8, 4) is 0 Å². The van der Waals surface area contributed by atoms with Gasteiger partial charge < -0.3 is 4.74 Å². The molecule has 0 fully saturated rings. The zero-order chi connectivity index (χ0) is 17.7. The third kappa shape index (κ3) is 12.9. The first-order valence-electron chi connectivity index (χ1n) is 9.98. The quantitative estimate of drug-likeness (QED) is 0.318. The summed E-state index contributed by atoms with van der Waals surface area (Å²) in [6.07, 6.45) is 10.8. The van der Waals surface area contributed by atoms with E-state index in [4.69, 9.17) is 4.74 Å². The van der Waals surface area contributed by atoms with Crippen molar-refractivity contribution in [1.29, 1.82) is 0 Å². The van der Waals surface area contributed by atoms with Gasteiger partial charge in [0.05, 0.1) is 18.4 Å². The molecule has 0 unspecified atom stereocenters. The van der Waals surface area contributed by atoms with Gasteiger partial charge in [0.25, 0.3) is 0 Å². The predicted octanol–water partition coefficient (Wildman–Crippen LogP) is 5.24. The van der Waals surface area contributed by atoms with Crippen LogP contribution >= 0.6 is 0 Å². The van der Waals surface area contributed by atoms with Crippen molar-refractivity contribution in [2.45, 2.75) is 124 Å². The van der Waals surface area contributed by atoms with E-state index in [1.807, 2.05) is 0 Å². The topological polar surface area (TPSA) is 33.3 Å². The second kappa shape index (κ2) is 13.2. The summed E-state index contributed by atoms with van der Waals surface area (Å²) in [7, 11) is 0. The summed E-state index contributed by atoms with van der Waals surface area (Å²) in [4.78, 5) is 0. The molecule has 0 aromatic carbocycles. The third-order valence-electron chi connectivity index (χ3n) is 4.00. The summed E-state index contributed by atoms with van der Waals surface area (Å²) >= 11 is 0. The molecule has 0 aliphatic carbocycles. The van der Waals surface area contributed by atoms with E-state index in [0.29, 0.717) is 12.1 Å². The smallest absolute Gasteiger partial charge is 0.0931 e. The van der Waals surface area contributed by atoms with Gasteiger partial charge in [0.1, 0.15) is 0 Å². The van der Waals surface area contributed by atoms with Crippen molar-refractivity contribution in [1.82, 2.24) is 10.6 Å². The molecule has 0 spiro atoms. The van der Waals surface area contributed by atoms with E-state index in [2.05, 4.69) is 59.1 Å². The van der Waals surface area contributed by atoms with Gasteiger partial charge >= 0.3 is 0 Å². The fraction of sp³-hybridized carbons (Fsp3) is 1.00. The highest BCUT2D eigenvalue weighted by molar-refractivity contribution is 4.88. The summed E-state index contributed by atoms with van der Waals surface area (Å²) in [6, 6.07) is 0.892. The molecule has 3 nitrogen and oxygen atoms in total. The lowest BCUT2D eigenvalue weighted by atomic mass is 9.98. The summed E-state index contributed by atoms with van der Waals surface area (Å²) in [5, 5.41) is 7.51. The Labute approximate surface area is 146 Å². The molecule has 0 amide bonds. The lowest BCUT2D eigenvalue weighted by Crippen LogP contribution is -2.64. The number of hydrogen-bond acceptors (Lipinski definition) is 3. The number of hydrogen-bond donors (Lipinski definition) is 2. The molecule has 2 N–H and O–H groups in total. The van der Waals surface area contributed by atoms with E-state index in [0.717, 1.165) is 13.0 Å². The molecule has 23 heavy (non-hydrogen) atoms. The van der Waals surface area contributed by atoms with Crippen LogP contribution in [0.4, 0.5) is 0 Å². The second-order valence-corrected chi connectivity index (χ2v) is 7.91. The molecule has 140 valence electrons. The minimum atomic E-state index is -0.101. The number of ether oxygens (including phenoxy) is 1. The minimum absolute atomic E-state index is 0.101. The molecule has 0 rings (SSSR count). The Balaban J connectivity index is 4.47. The van der Waals surface area contributed by atoms with Crippen LogP contribution < -0.4 is 10.6 Å². The molecule has 0 aromatic heterocycles. The second-order valence-electron chi connectivity index (χ2n) is 7.91. The summed E-state index contributed by atoms with van der Waals surface area (Å²) < 4.78 is 5.99. The molecule has 3 heteroatoms. The lowest BCUT2D eigenvalue weighted by molar-refractivity contribution is 0.00283. The molecule has 0 heterocycles. The largest absolute Gasteiger partial charge is 0.375 e. The fourth-order valence-electron chi connectivity index (χ4n) is 3.14. The standard InChI is InChI=1S/C20H44N2O/c1-8-9-10-11-12-13-14-15-20(21-17(2)3,22-18(4)5)16-23-19(6)7/h17-19,21-22H,8-16H2,1-7H3. The average molecular weight is 329 g/mol. The van der Waals surface area contributed by atoms with Gasteiger partial charge in [-0.3, -0.25) is 10.6 Å². The number of rotatable bonds is 15. The van der Waals surface area contributed by atoms with Crippen molar-refractivity contribution < 1.29 is 4.74 Å². The first-order valence-corrected chi connectivity index (χ1v) is 9.98. The molecule has 0 bridgehead atoms. The first kappa shape index (κ1) is 22.9. The summed E-state index contributed by atoms with van der Waals surface area (Å²) in [5.74, 6) is 0. The van der Waals surface area contributed by atoms with E-state index in [-0.39, 0.29) is 11.8 Å². The Morgan fingerprint density at radius 1 is 0.739 bits per heavy atom. The zero-order valence-electron chi connectivity index (χ0n) is 17.0. The summed E-state index contributed by atoms with van der Waals surface area (Å²) in [6.45, 7) is 16.1. The molecule has 0 radical (unpaired) electrons. The SMILES string of the molecule is CCCCCCCCCC(COC(C)C)(NC(C)C)NC(C)C. The van der Waals surface area contributed by atoms with Crippen LogP contribution in [0.1, 0.15) is 99.8 Å². The number of unbranched alkanes of at least 4 members (excludes halogenated alkanes) is 6. The van der Waals surface area contributed by atoms with Gasteiger partial charge in [-0.15, -0.1) is 0 Å². The molecule has 0 saturated heterocycles. The maximum atomic E-state index is 5.99. The van der Waals surface area contributed by atoms with Gasteiger partial charge in [-0.1, -0.05) is 51.9 Å². The Kier molecular flexibility index (Phi) is 13.1. The van der Waals surface area contributed by atoms with E-state index in [1.165, 1.54) is 44.9 Å². The van der Waals surface area contributed by atoms with Crippen LogP contribution in [0.2, 0.25) is 0 Å². The fourth-order valence-corrected chi connectivity index (χ4v) is 3.14. The van der Waals surface area contributed by atoms with Gasteiger partial charge in [0, 0.05) is 12.1 Å². The Morgan fingerprint density at radius 2 is 1.22 bits per heavy atom. The maximum absolute atomic E-state index is 5.99. The summed E-state index contributed by atoms with van der Waals surface area (Å²) in [5.41, 5.74) is -0.101. The Hall–Kier alpha value is -0.120. The van der Waals surface area contributed by atoms with Crippen LogP contribution in [-0.4, -0.2) is 30.5 Å². The van der Waals surface area contributed by atoms with Crippen LogP contribution in [0.5, 0.6) is 0 Å². The molecule has 0 atom stereocenters. The van der Waals surface area contributed by atoms with E-state index in [9.17, 15) is 0 Å². The normalized spacial score (nSPS) is 12.8. The molecular weight excluding hydrogens is 284 g/mol. The Bertz CT molecular complexity index is 254. The van der Waals surface area contributed by atoms with Crippen LogP contribution in [0.3, 0.4) is 0 Å². The Morgan fingerprint density at radius 3 is 1.65 bits per heavy atom. The van der Waals surface area contributed by atoms with Crippen molar-refractivity contribution in [2.75, 3.05) is 6.61 Å². The van der Waals surface area contributed by atoms with Crippen molar-refractivity contribution >= 4 is 0 Å². The van der Waals surface area contributed by atoms with Crippen LogP contribution in [0.25, 0.3) is 0 Å². The van der Waals surface area contributed by atoms with Gasteiger partial charge in [-0.2, -0.15) is 0 Å². The lowest BCUT2D eigenvalue weighted by Gasteiger charge is -2.40. The number of nitrogens with one attached hydrogen (secondary N) is 2. The minimum Gasteiger partial charge on any atom is -0.375 e. The highest BCUT2D eigenvalue weighted by atomic mass is 16.5. The molecular formula is C20H44N2O. The molecule has 0 aliphatic heterocycles. The third-order valence-corrected chi connectivity index (χ3v) is 4.00. The van der Waals surface area contributed by atoms with E-state index < -0.39 is 0 Å². The highest BCUT2D eigenvalue weighted by Gasteiger charge is 2.31. The van der Waals surface area contributed by atoms with E-state index in [1.54, 1.807) is 0 Å². The molecule has 0 aliphatic rings. The van der Waals surface area contributed by atoms with Crippen molar-refractivity contribution in [3.05, 3.63) is 0 Å². The van der Waals surface area contributed by atoms with Crippen molar-refractivity contribution in [3.63, 3.8) is 0 Å². The van der Waals surface area contributed by atoms with Crippen molar-refractivity contribution in [2.24, 2.45) is 0 Å². The van der Waals surface area contributed by atoms with Crippen LogP contribution in [0.15, 0.2) is 0 Å². The highest BCUT2D eigenvalue weighted by Crippen LogP contribution is 2.18.